The van der Waals surface area contributed by atoms with E-state index in [2.05, 4.69) is 22.6 Å². The van der Waals surface area contributed by atoms with E-state index >= 15 is 0 Å². The van der Waals surface area contributed by atoms with E-state index in [-0.39, 0.29) is 18.7 Å². The Kier molecular flexibility index (Phi) is 7.82. The predicted octanol–water partition coefficient (Wildman–Crippen LogP) is 1.32. The Hall–Kier alpha value is -0.810. The Labute approximate surface area is 116 Å². The number of aliphatic hydroxyl groups is 1. The fourth-order valence-electron chi connectivity index (χ4n) is 2.62. The fraction of sp³-hybridized carbons (Fsp3) is 0.929. The molecule has 1 saturated carbocycles. The summed E-state index contributed by atoms with van der Waals surface area (Å²) >= 11 is 0. The first-order valence-corrected chi connectivity index (χ1v) is 7.49. The quantitative estimate of drug-likeness (QED) is 0.624. The lowest BCUT2D eigenvalue weighted by molar-refractivity contribution is 0.224. The average molecular weight is 271 g/mol. The monoisotopic (exact) mass is 271 g/mol. The molecular formula is C14H29N3O2. The second kappa shape index (κ2) is 9.15. The topological polar surface area (TPSA) is 64.6 Å². The molecule has 112 valence electrons. The lowest BCUT2D eigenvalue weighted by Gasteiger charge is -2.24. The first-order valence-electron chi connectivity index (χ1n) is 7.49. The van der Waals surface area contributed by atoms with Gasteiger partial charge in [0.15, 0.2) is 0 Å². The van der Waals surface area contributed by atoms with Gasteiger partial charge in [-0.3, -0.25) is 0 Å². The van der Waals surface area contributed by atoms with Crippen molar-refractivity contribution in [1.82, 2.24) is 15.5 Å². The van der Waals surface area contributed by atoms with Crippen molar-refractivity contribution in [3.8, 4) is 0 Å². The van der Waals surface area contributed by atoms with Crippen LogP contribution in [0.4, 0.5) is 4.79 Å². The number of hydrogen-bond acceptors (Lipinski definition) is 3. The summed E-state index contributed by atoms with van der Waals surface area (Å²) in [4.78, 5) is 14.0. The van der Waals surface area contributed by atoms with Crippen LogP contribution in [-0.2, 0) is 0 Å². The van der Waals surface area contributed by atoms with Gasteiger partial charge in [0, 0.05) is 31.8 Å². The molecule has 1 atom stereocenters. The van der Waals surface area contributed by atoms with Crippen molar-refractivity contribution in [2.24, 2.45) is 0 Å². The highest BCUT2D eigenvalue weighted by Gasteiger charge is 2.18. The van der Waals surface area contributed by atoms with E-state index in [0.29, 0.717) is 12.6 Å². The van der Waals surface area contributed by atoms with Crippen molar-refractivity contribution in [2.75, 3.05) is 26.7 Å². The zero-order chi connectivity index (χ0) is 14.1. The zero-order valence-corrected chi connectivity index (χ0v) is 12.3. The van der Waals surface area contributed by atoms with E-state index in [1.54, 1.807) is 0 Å². The maximum Gasteiger partial charge on any atom is 0.315 e. The number of nitrogens with one attached hydrogen (secondary N) is 2. The third-order valence-electron chi connectivity index (χ3n) is 3.87. The van der Waals surface area contributed by atoms with E-state index in [1.165, 1.54) is 25.7 Å². The van der Waals surface area contributed by atoms with Crippen molar-refractivity contribution in [1.29, 1.82) is 0 Å². The van der Waals surface area contributed by atoms with Crippen LogP contribution in [0.3, 0.4) is 0 Å². The van der Waals surface area contributed by atoms with Crippen LogP contribution in [-0.4, -0.2) is 54.9 Å². The molecule has 2 amide bonds. The first kappa shape index (κ1) is 16.2. The molecule has 0 aliphatic heterocycles. The van der Waals surface area contributed by atoms with Gasteiger partial charge in [0.05, 0.1) is 0 Å². The van der Waals surface area contributed by atoms with Gasteiger partial charge in [0.25, 0.3) is 0 Å². The molecular weight excluding hydrogens is 242 g/mol. The van der Waals surface area contributed by atoms with Crippen LogP contribution in [0.25, 0.3) is 0 Å². The molecule has 1 unspecified atom stereocenters. The van der Waals surface area contributed by atoms with Gasteiger partial charge < -0.3 is 20.6 Å². The highest BCUT2D eigenvalue weighted by molar-refractivity contribution is 5.74. The van der Waals surface area contributed by atoms with E-state index in [0.717, 1.165) is 19.4 Å². The second-order valence-corrected chi connectivity index (χ2v) is 5.59. The number of urea groups is 1. The molecule has 0 heterocycles. The number of nitrogens with zero attached hydrogens (tertiary/aromatic N) is 1. The smallest absolute Gasteiger partial charge is 0.315 e. The van der Waals surface area contributed by atoms with E-state index in [1.807, 2.05) is 6.92 Å². The summed E-state index contributed by atoms with van der Waals surface area (Å²) in [5, 5.41) is 14.5. The van der Waals surface area contributed by atoms with Gasteiger partial charge in [-0.2, -0.15) is 0 Å². The van der Waals surface area contributed by atoms with Crippen LogP contribution in [0.2, 0.25) is 0 Å². The van der Waals surface area contributed by atoms with Gasteiger partial charge in [-0.25, -0.2) is 4.79 Å². The molecule has 5 heteroatoms. The van der Waals surface area contributed by atoms with Gasteiger partial charge in [0.1, 0.15) is 0 Å². The molecule has 0 aromatic rings. The number of carbonyl (C=O) groups is 1. The molecule has 19 heavy (non-hydrogen) atoms. The van der Waals surface area contributed by atoms with E-state index in [4.69, 9.17) is 5.11 Å². The van der Waals surface area contributed by atoms with Crippen LogP contribution < -0.4 is 10.6 Å². The van der Waals surface area contributed by atoms with Crippen molar-refractivity contribution in [3.05, 3.63) is 0 Å². The van der Waals surface area contributed by atoms with Gasteiger partial charge in [-0.05, 0) is 39.7 Å². The lowest BCUT2D eigenvalue weighted by atomic mass is 10.2. The van der Waals surface area contributed by atoms with Crippen molar-refractivity contribution >= 4 is 6.03 Å². The molecule has 1 aliphatic carbocycles. The van der Waals surface area contributed by atoms with Crippen molar-refractivity contribution in [3.63, 3.8) is 0 Å². The fourth-order valence-corrected chi connectivity index (χ4v) is 2.62. The minimum Gasteiger partial charge on any atom is -0.396 e. The van der Waals surface area contributed by atoms with Crippen molar-refractivity contribution < 1.29 is 9.90 Å². The number of aliphatic hydroxyl groups excluding tert-OH is 1. The molecule has 0 bridgehead atoms. The number of hydrogen-bond donors (Lipinski definition) is 3. The highest BCUT2D eigenvalue weighted by Crippen LogP contribution is 2.21. The van der Waals surface area contributed by atoms with Crippen LogP contribution in [0, 0.1) is 0 Å². The number of rotatable bonds is 8. The second-order valence-electron chi connectivity index (χ2n) is 5.59. The molecule has 5 nitrogen and oxygen atoms in total. The zero-order valence-electron chi connectivity index (χ0n) is 12.3. The summed E-state index contributed by atoms with van der Waals surface area (Å²) < 4.78 is 0. The summed E-state index contributed by atoms with van der Waals surface area (Å²) in [6.45, 7) is 3.73. The highest BCUT2D eigenvalue weighted by atomic mass is 16.3. The number of carbonyl (C=O) groups excluding carboxylic acids is 1. The van der Waals surface area contributed by atoms with Crippen LogP contribution in [0.5, 0.6) is 0 Å². The third kappa shape index (κ3) is 6.78. The normalized spacial score (nSPS) is 17.7. The number of likely N-dealkylation sites (N-methyl/N-ethyl adjacent to an activating group) is 1. The largest absolute Gasteiger partial charge is 0.396 e. The molecule has 1 fully saturated rings. The van der Waals surface area contributed by atoms with Crippen molar-refractivity contribution in [2.45, 2.75) is 57.5 Å². The molecule has 0 saturated heterocycles. The molecule has 0 aromatic carbocycles. The Morgan fingerprint density at radius 2 is 2.11 bits per heavy atom. The summed E-state index contributed by atoms with van der Waals surface area (Å²) in [6, 6.07) is 0.707. The molecule has 3 N–H and O–H groups in total. The Balaban J connectivity index is 2.06. The minimum absolute atomic E-state index is 0.106. The third-order valence-corrected chi connectivity index (χ3v) is 3.87. The van der Waals surface area contributed by atoms with E-state index in [9.17, 15) is 4.79 Å². The summed E-state index contributed by atoms with van der Waals surface area (Å²) in [5.41, 5.74) is 0. The lowest BCUT2D eigenvalue weighted by Crippen LogP contribution is -2.44. The standard InChI is InChI=1S/C14H29N3O2/c1-12(6-5-11-18)16-14(19)15-9-10-17(2)13-7-3-4-8-13/h12-13,18H,3-11H2,1-2H3,(H2,15,16,19). The van der Waals surface area contributed by atoms with Gasteiger partial charge in [-0.1, -0.05) is 12.8 Å². The first-order chi connectivity index (χ1) is 9.13. The van der Waals surface area contributed by atoms with Gasteiger partial charge in [0.2, 0.25) is 0 Å². The van der Waals surface area contributed by atoms with E-state index < -0.39 is 0 Å². The molecule has 1 aliphatic rings. The molecule has 1 rings (SSSR count). The number of amides is 2. The van der Waals surface area contributed by atoms with Crippen LogP contribution in [0.1, 0.15) is 45.4 Å². The Morgan fingerprint density at radius 3 is 2.74 bits per heavy atom. The van der Waals surface area contributed by atoms with Gasteiger partial charge in [-0.15, -0.1) is 0 Å². The van der Waals surface area contributed by atoms with Gasteiger partial charge >= 0.3 is 6.03 Å². The van der Waals surface area contributed by atoms with Crippen LogP contribution >= 0.6 is 0 Å². The average Bonchev–Trinajstić information content (AvgIpc) is 2.90. The summed E-state index contributed by atoms with van der Waals surface area (Å²) in [5.74, 6) is 0. The predicted molar refractivity (Wildman–Crippen MR) is 77.2 cm³/mol. The molecule has 0 radical (unpaired) electrons. The Morgan fingerprint density at radius 1 is 1.42 bits per heavy atom. The maximum absolute atomic E-state index is 11.6. The Bertz CT molecular complexity index is 255. The SMILES string of the molecule is CC(CCCO)NC(=O)NCCN(C)C1CCCC1. The molecule has 0 spiro atoms. The maximum atomic E-state index is 11.6. The summed E-state index contributed by atoms with van der Waals surface area (Å²) in [7, 11) is 2.14. The minimum atomic E-state index is -0.106. The summed E-state index contributed by atoms with van der Waals surface area (Å²) in [6.07, 6.45) is 6.80. The molecule has 0 aromatic heterocycles. The van der Waals surface area contributed by atoms with Crippen LogP contribution in [0.15, 0.2) is 0 Å².